The molecule has 2 N–H and O–H groups in total. The third-order valence-corrected chi connectivity index (χ3v) is 2.69. The standard InChI is InChI=1S/C9H7F2N3OS/c1-15-7-5(10)2-4(3-6(7)11)8-13-14-9(12)16-8/h2-3H,1H3,(H2,12,14). The molecule has 4 nitrogen and oxygen atoms in total. The van der Waals surface area contributed by atoms with Gasteiger partial charge in [-0.25, -0.2) is 8.78 Å². The fourth-order valence-corrected chi connectivity index (χ4v) is 1.83. The smallest absolute Gasteiger partial charge is 0.203 e. The van der Waals surface area contributed by atoms with Crippen molar-refractivity contribution < 1.29 is 13.5 Å². The highest BCUT2D eigenvalue weighted by atomic mass is 32.1. The molecule has 16 heavy (non-hydrogen) atoms. The molecule has 0 aliphatic heterocycles. The summed E-state index contributed by atoms with van der Waals surface area (Å²) in [5.74, 6) is -1.99. The van der Waals surface area contributed by atoms with Crippen molar-refractivity contribution in [3.05, 3.63) is 23.8 Å². The van der Waals surface area contributed by atoms with Gasteiger partial charge in [0.05, 0.1) is 7.11 Å². The van der Waals surface area contributed by atoms with Gasteiger partial charge in [0.2, 0.25) is 5.13 Å². The van der Waals surface area contributed by atoms with E-state index in [1.807, 2.05) is 0 Å². The molecule has 0 unspecified atom stereocenters. The van der Waals surface area contributed by atoms with E-state index in [-0.39, 0.29) is 10.7 Å². The number of anilines is 1. The number of aromatic nitrogens is 2. The SMILES string of the molecule is COc1c(F)cc(-c2nnc(N)s2)cc1F. The predicted molar refractivity (Wildman–Crippen MR) is 56.2 cm³/mol. The lowest BCUT2D eigenvalue weighted by Gasteiger charge is -2.04. The Morgan fingerprint density at radius 1 is 1.25 bits per heavy atom. The number of rotatable bonds is 2. The highest BCUT2D eigenvalue weighted by Gasteiger charge is 2.14. The van der Waals surface area contributed by atoms with Crippen LogP contribution in [0.3, 0.4) is 0 Å². The average Bonchev–Trinajstić information content (AvgIpc) is 2.64. The van der Waals surface area contributed by atoms with Crippen LogP contribution in [-0.4, -0.2) is 17.3 Å². The Morgan fingerprint density at radius 3 is 2.31 bits per heavy atom. The van der Waals surface area contributed by atoms with Crippen LogP contribution in [0.1, 0.15) is 0 Å². The summed E-state index contributed by atoms with van der Waals surface area (Å²) in [5, 5.41) is 7.86. The van der Waals surface area contributed by atoms with Crippen LogP contribution >= 0.6 is 11.3 Å². The fraction of sp³-hybridized carbons (Fsp3) is 0.111. The van der Waals surface area contributed by atoms with E-state index in [9.17, 15) is 8.78 Å². The number of benzene rings is 1. The first-order valence-electron chi connectivity index (χ1n) is 4.24. The summed E-state index contributed by atoms with van der Waals surface area (Å²) in [6.45, 7) is 0. The van der Waals surface area contributed by atoms with Crippen LogP contribution in [0.5, 0.6) is 5.75 Å². The maximum Gasteiger partial charge on any atom is 0.203 e. The van der Waals surface area contributed by atoms with Gasteiger partial charge in [-0.1, -0.05) is 11.3 Å². The molecule has 0 atom stereocenters. The van der Waals surface area contributed by atoms with Crippen molar-refractivity contribution in [2.45, 2.75) is 0 Å². The summed E-state index contributed by atoms with van der Waals surface area (Å²) in [4.78, 5) is 0. The molecule has 2 aromatic rings. The van der Waals surface area contributed by atoms with E-state index in [1.54, 1.807) is 0 Å². The fourth-order valence-electron chi connectivity index (χ4n) is 1.23. The number of nitrogens with zero attached hydrogens (tertiary/aromatic N) is 2. The minimum Gasteiger partial charge on any atom is -0.491 e. The number of ether oxygens (including phenoxy) is 1. The molecular formula is C9H7F2N3OS. The molecule has 0 bridgehead atoms. The zero-order valence-electron chi connectivity index (χ0n) is 8.20. The first-order chi connectivity index (χ1) is 7.61. The van der Waals surface area contributed by atoms with E-state index in [4.69, 9.17) is 5.73 Å². The molecule has 0 amide bonds. The molecular weight excluding hydrogens is 236 g/mol. The Kier molecular flexibility index (Phi) is 2.69. The summed E-state index contributed by atoms with van der Waals surface area (Å²) in [7, 11) is 1.20. The lowest BCUT2D eigenvalue weighted by Crippen LogP contribution is -1.93. The van der Waals surface area contributed by atoms with Crippen LogP contribution in [0.4, 0.5) is 13.9 Å². The maximum atomic E-state index is 13.4. The molecule has 0 saturated carbocycles. The molecule has 7 heteroatoms. The number of hydrogen-bond donors (Lipinski definition) is 1. The molecule has 0 radical (unpaired) electrons. The average molecular weight is 243 g/mol. The number of nitrogen functional groups attached to an aromatic ring is 1. The normalized spacial score (nSPS) is 10.4. The molecule has 84 valence electrons. The van der Waals surface area contributed by atoms with Crippen molar-refractivity contribution in [1.29, 1.82) is 0 Å². The molecule has 0 spiro atoms. The van der Waals surface area contributed by atoms with Gasteiger partial charge in [0.25, 0.3) is 0 Å². The molecule has 0 aliphatic carbocycles. The summed E-state index contributed by atoms with van der Waals surface area (Å²) >= 11 is 1.05. The lowest BCUT2D eigenvalue weighted by atomic mass is 10.2. The molecule has 1 aromatic carbocycles. The summed E-state index contributed by atoms with van der Waals surface area (Å²) in [6, 6.07) is 2.25. The molecule has 2 rings (SSSR count). The van der Waals surface area contributed by atoms with E-state index < -0.39 is 17.4 Å². The zero-order chi connectivity index (χ0) is 11.7. The maximum absolute atomic E-state index is 13.4. The first kappa shape index (κ1) is 10.7. The highest BCUT2D eigenvalue weighted by Crippen LogP contribution is 2.30. The van der Waals surface area contributed by atoms with Gasteiger partial charge in [-0.3, -0.25) is 0 Å². The number of hydrogen-bond acceptors (Lipinski definition) is 5. The van der Waals surface area contributed by atoms with Gasteiger partial charge in [0.1, 0.15) is 5.01 Å². The van der Waals surface area contributed by atoms with Gasteiger partial charge in [0.15, 0.2) is 17.4 Å². The quantitative estimate of drug-likeness (QED) is 0.877. The van der Waals surface area contributed by atoms with Gasteiger partial charge in [0, 0.05) is 5.56 Å². The van der Waals surface area contributed by atoms with E-state index in [0.29, 0.717) is 5.01 Å². The molecule has 0 saturated heterocycles. The van der Waals surface area contributed by atoms with Crippen molar-refractivity contribution in [3.63, 3.8) is 0 Å². The van der Waals surface area contributed by atoms with Crippen molar-refractivity contribution in [2.24, 2.45) is 0 Å². The Balaban J connectivity index is 2.52. The van der Waals surface area contributed by atoms with Crippen LogP contribution in [0, 0.1) is 11.6 Å². The highest BCUT2D eigenvalue weighted by molar-refractivity contribution is 7.18. The third-order valence-electron chi connectivity index (χ3n) is 1.89. The van der Waals surface area contributed by atoms with Crippen molar-refractivity contribution >= 4 is 16.5 Å². The number of methoxy groups -OCH3 is 1. The van der Waals surface area contributed by atoms with Crippen molar-refractivity contribution in [1.82, 2.24) is 10.2 Å². The van der Waals surface area contributed by atoms with Crippen LogP contribution in [-0.2, 0) is 0 Å². The Hall–Kier alpha value is -1.76. The second-order valence-corrected chi connectivity index (χ2v) is 3.93. The number of nitrogens with two attached hydrogens (primary N) is 1. The largest absolute Gasteiger partial charge is 0.491 e. The minimum absolute atomic E-state index is 0.242. The first-order valence-corrected chi connectivity index (χ1v) is 5.06. The summed E-state index contributed by atoms with van der Waals surface area (Å²) in [6.07, 6.45) is 0. The van der Waals surface area contributed by atoms with Crippen LogP contribution in [0.2, 0.25) is 0 Å². The zero-order valence-corrected chi connectivity index (χ0v) is 9.02. The summed E-state index contributed by atoms with van der Waals surface area (Å²) in [5.41, 5.74) is 5.66. The summed E-state index contributed by atoms with van der Waals surface area (Å²) < 4.78 is 31.3. The Labute approximate surface area is 93.7 Å². The Morgan fingerprint density at radius 2 is 1.88 bits per heavy atom. The van der Waals surface area contributed by atoms with Crippen LogP contribution in [0.25, 0.3) is 10.6 Å². The van der Waals surface area contributed by atoms with Gasteiger partial charge in [-0.15, -0.1) is 10.2 Å². The molecule has 0 aliphatic rings. The Bertz CT molecular complexity index is 506. The number of halogens is 2. The second-order valence-electron chi connectivity index (χ2n) is 2.92. The minimum atomic E-state index is -0.786. The lowest BCUT2D eigenvalue weighted by molar-refractivity contribution is 0.360. The monoisotopic (exact) mass is 243 g/mol. The second kappa shape index (κ2) is 4.01. The van der Waals surface area contributed by atoms with Crippen LogP contribution in [0.15, 0.2) is 12.1 Å². The van der Waals surface area contributed by atoms with E-state index >= 15 is 0 Å². The van der Waals surface area contributed by atoms with Gasteiger partial charge in [-0.2, -0.15) is 0 Å². The van der Waals surface area contributed by atoms with E-state index in [0.717, 1.165) is 23.5 Å². The van der Waals surface area contributed by atoms with Gasteiger partial charge in [-0.05, 0) is 12.1 Å². The topological polar surface area (TPSA) is 61.0 Å². The van der Waals surface area contributed by atoms with Gasteiger partial charge < -0.3 is 10.5 Å². The van der Waals surface area contributed by atoms with E-state index in [1.165, 1.54) is 7.11 Å². The van der Waals surface area contributed by atoms with Crippen molar-refractivity contribution in [3.8, 4) is 16.3 Å². The van der Waals surface area contributed by atoms with Crippen LogP contribution < -0.4 is 10.5 Å². The molecule has 1 heterocycles. The molecule has 1 aromatic heterocycles. The molecule has 0 fully saturated rings. The van der Waals surface area contributed by atoms with Crippen molar-refractivity contribution in [2.75, 3.05) is 12.8 Å². The third kappa shape index (κ3) is 1.81. The van der Waals surface area contributed by atoms with Gasteiger partial charge >= 0.3 is 0 Å². The predicted octanol–water partition coefficient (Wildman–Crippen LogP) is 2.07. The van der Waals surface area contributed by atoms with E-state index in [2.05, 4.69) is 14.9 Å².